The monoisotopic (exact) mass is 265 g/mol. The predicted octanol–water partition coefficient (Wildman–Crippen LogP) is 2.64. The maximum absolute atomic E-state index is 10.5. The molecule has 0 aliphatic rings. The zero-order valence-corrected chi connectivity index (χ0v) is 11.7. The summed E-state index contributed by atoms with van der Waals surface area (Å²) < 4.78 is 5.66. The van der Waals surface area contributed by atoms with Gasteiger partial charge in [0.2, 0.25) is 0 Å². The summed E-state index contributed by atoms with van der Waals surface area (Å²) >= 11 is 0. The van der Waals surface area contributed by atoms with Crippen molar-refractivity contribution in [2.45, 2.75) is 32.7 Å². The minimum Gasteiger partial charge on any atom is -0.492 e. The molecule has 0 bridgehead atoms. The summed E-state index contributed by atoms with van der Waals surface area (Å²) in [5.74, 6) is 0.140. The van der Waals surface area contributed by atoms with E-state index >= 15 is 0 Å². The van der Waals surface area contributed by atoms with E-state index in [0.717, 1.165) is 18.8 Å². The van der Waals surface area contributed by atoms with Crippen LogP contribution >= 0.6 is 0 Å². The van der Waals surface area contributed by atoms with E-state index in [1.54, 1.807) is 0 Å². The largest absolute Gasteiger partial charge is 0.492 e. The molecule has 1 aromatic carbocycles. The smallest absolute Gasteiger partial charge is 0.303 e. The maximum atomic E-state index is 10.5. The molecule has 0 aliphatic carbocycles. The van der Waals surface area contributed by atoms with Gasteiger partial charge in [-0.3, -0.25) is 9.69 Å². The van der Waals surface area contributed by atoms with Gasteiger partial charge in [-0.2, -0.15) is 0 Å². The Hall–Kier alpha value is -1.55. The molecular formula is C15H23NO3. The molecule has 0 amide bonds. The number of hydrogen-bond donors (Lipinski definition) is 1. The summed E-state index contributed by atoms with van der Waals surface area (Å²) in [6.07, 6.45) is 0.904. The number of para-hydroxylation sites is 1. The third kappa shape index (κ3) is 6.82. The summed E-state index contributed by atoms with van der Waals surface area (Å²) in [6, 6.07) is 10.1. The Kier molecular flexibility index (Phi) is 6.97. The standard InChI is InChI=1S/C15H23NO3/c1-13(2)16(10-6-9-15(17)18)11-12-19-14-7-4-3-5-8-14/h3-5,7-8,13H,6,9-12H2,1-2H3,(H,17,18). The van der Waals surface area contributed by atoms with Gasteiger partial charge in [0.05, 0.1) is 0 Å². The molecule has 0 aliphatic heterocycles. The van der Waals surface area contributed by atoms with Crippen molar-refractivity contribution in [2.24, 2.45) is 0 Å². The van der Waals surface area contributed by atoms with Crippen LogP contribution in [0.2, 0.25) is 0 Å². The zero-order valence-electron chi connectivity index (χ0n) is 11.7. The number of hydrogen-bond acceptors (Lipinski definition) is 3. The van der Waals surface area contributed by atoms with E-state index in [4.69, 9.17) is 9.84 Å². The molecule has 106 valence electrons. The number of nitrogens with zero attached hydrogens (tertiary/aromatic N) is 1. The molecule has 1 aromatic rings. The Morgan fingerprint density at radius 1 is 1.26 bits per heavy atom. The van der Waals surface area contributed by atoms with Gasteiger partial charge in [-0.25, -0.2) is 0 Å². The topological polar surface area (TPSA) is 49.8 Å². The van der Waals surface area contributed by atoms with Crippen molar-refractivity contribution in [3.05, 3.63) is 30.3 Å². The van der Waals surface area contributed by atoms with Gasteiger partial charge in [0.1, 0.15) is 12.4 Å². The van der Waals surface area contributed by atoms with Gasteiger partial charge in [0.25, 0.3) is 0 Å². The lowest BCUT2D eigenvalue weighted by molar-refractivity contribution is -0.137. The summed E-state index contributed by atoms with van der Waals surface area (Å²) in [5.41, 5.74) is 0. The minimum absolute atomic E-state index is 0.225. The van der Waals surface area contributed by atoms with Crippen LogP contribution in [0.3, 0.4) is 0 Å². The molecule has 19 heavy (non-hydrogen) atoms. The van der Waals surface area contributed by atoms with Crippen LogP contribution in [0.15, 0.2) is 30.3 Å². The molecule has 0 saturated heterocycles. The van der Waals surface area contributed by atoms with Gasteiger partial charge in [-0.1, -0.05) is 18.2 Å². The van der Waals surface area contributed by atoms with Gasteiger partial charge in [0, 0.05) is 19.0 Å². The molecule has 4 nitrogen and oxygen atoms in total. The van der Waals surface area contributed by atoms with Gasteiger partial charge < -0.3 is 9.84 Å². The molecule has 0 spiro atoms. The van der Waals surface area contributed by atoms with Crippen LogP contribution in [0.25, 0.3) is 0 Å². The highest BCUT2D eigenvalue weighted by Crippen LogP contribution is 2.09. The number of carboxylic acids is 1. The molecule has 1 rings (SSSR count). The SMILES string of the molecule is CC(C)N(CCCC(=O)O)CCOc1ccccc1. The van der Waals surface area contributed by atoms with Crippen LogP contribution < -0.4 is 4.74 Å². The third-order valence-electron chi connectivity index (χ3n) is 2.96. The summed E-state index contributed by atoms with van der Waals surface area (Å²) in [6.45, 7) is 6.45. The minimum atomic E-state index is -0.732. The fraction of sp³-hybridized carbons (Fsp3) is 0.533. The molecule has 0 fully saturated rings. The third-order valence-corrected chi connectivity index (χ3v) is 2.96. The van der Waals surface area contributed by atoms with Crippen LogP contribution in [0.1, 0.15) is 26.7 Å². The van der Waals surface area contributed by atoms with Gasteiger partial charge in [0.15, 0.2) is 0 Å². The highest BCUT2D eigenvalue weighted by Gasteiger charge is 2.10. The van der Waals surface area contributed by atoms with Crippen LogP contribution in [0.5, 0.6) is 5.75 Å². The normalized spacial score (nSPS) is 10.9. The number of rotatable bonds is 9. The average molecular weight is 265 g/mol. The van der Waals surface area contributed by atoms with Crippen LogP contribution in [0, 0.1) is 0 Å². The van der Waals surface area contributed by atoms with E-state index in [0.29, 0.717) is 19.1 Å². The molecular weight excluding hydrogens is 242 g/mol. The molecule has 0 aromatic heterocycles. The fourth-order valence-corrected chi connectivity index (χ4v) is 1.86. The first-order valence-corrected chi connectivity index (χ1v) is 6.73. The second-order valence-electron chi connectivity index (χ2n) is 4.79. The fourth-order valence-electron chi connectivity index (χ4n) is 1.86. The molecule has 4 heteroatoms. The lowest BCUT2D eigenvalue weighted by atomic mass is 10.2. The van der Waals surface area contributed by atoms with Gasteiger partial charge >= 0.3 is 5.97 Å². The van der Waals surface area contributed by atoms with E-state index in [1.165, 1.54) is 0 Å². The summed E-state index contributed by atoms with van der Waals surface area (Å²) in [4.78, 5) is 12.7. The second-order valence-corrected chi connectivity index (χ2v) is 4.79. The Bertz CT molecular complexity index is 365. The quantitative estimate of drug-likeness (QED) is 0.745. The first-order chi connectivity index (χ1) is 9.09. The van der Waals surface area contributed by atoms with Crippen molar-refractivity contribution >= 4 is 5.97 Å². The number of ether oxygens (including phenoxy) is 1. The lowest BCUT2D eigenvalue weighted by Gasteiger charge is -2.26. The van der Waals surface area contributed by atoms with Gasteiger partial charge in [-0.15, -0.1) is 0 Å². The van der Waals surface area contributed by atoms with Gasteiger partial charge in [-0.05, 0) is 38.9 Å². The lowest BCUT2D eigenvalue weighted by Crippen LogP contribution is -2.35. The molecule has 0 saturated carbocycles. The Morgan fingerprint density at radius 2 is 1.95 bits per heavy atom. The first-order valence-electron chi connectivity index (χ1n) is 6.73. The Morgan fingerprint density at radius 3 is 2.53 bits per heavy atom. The van der Waals surface area contributed by atoms with E-state index in [9.17, 15) is 4.79 Å². The summed E-state index contributed by atoms with van der Waals surface area (Å²) in [5, 5.41) is 8.65. The number of carbonyl (C=O) groups is 1. The first kappa shape index (κ1) is 15.5. The zero-order chi connectivity index (χ0) is 14.1. The number of carboxylic acid groups (broad SMARTS) is 1. The maximum Gasteiger partial charge on any atom is 0.303 e. The van der Waals surface area contributed by atoms with Crippen molar-refractivity contribution in [3.63, 3.8) is 0 Å². The van der Waals surface area contributed by atoms with Crippen LogP contribution in [-0.2, 0) is 4.79 Å². The van der Waals surface area contributed by atoms with E-state index in [-0.39, 0.29) is 6.42 Å². The number of aliphatic carboxylic acids is 1. The second kappa shape index (κ2) is 8.53. The van der Waals surface area contributed by atoms with Crippen molar-refractivity contribution in [2.75, 3.05) is 19.7 Å². The van der Waals surface area contributed by atoms with E-state index in [2.05, 4.69) is 18.7 Å². The molecule has 0 radical (unpaired) electrons. The Balaban J connectivity index is 2.27. The highest BCUT2D eigenvalue weighted by atomic mass is 16.5. The van der Waals surface area contributed by atoms with E-state index in [1.807, 2.05) is 30.3 Å². The average Bonchev–Trinajstić information content (AvgIpc) is 2.37. The highest BCUT2D eigenvalue weighted by molar-refractivity contribution is 5.66. The molecule has 0 atom stereocenters. The molecule has 0 heterocycles. The molecule has 0 unspecified atom stereocenters. The predicted molar refractivity (Wildman–Crippen MR) is 75.5 cm³/mol. The van der Waals surface area contributed by atoms with Crippen molar-refractivity contribution in [1.29, 1.82) is 0 Å². The summed E-state index contributed by atoms with van der Waals surface area (Å²) in [7, 11) is 0. The Labute approximate surface area is 115 Å². The number of benzene rings is 1. The van der Waals surface area contributed by atoms with Crippen molar-refractivity contribution in [3.8, 4) is 5.75 Å². The molecule has 1 N–H and O–H groups in total. The van der Waals surface area contributed by atoms with Crippen molar-refractivity contribution < 1.29 is 14.6 Å². The van der Waals surface area contributed by atoms with E-state index < -0.39 is 5.97 Å². The van der Waals surface area contributed by atoms with Crippen LogP contribution in [0.4, 0.5) is 0 Å². The van der Waals surface area contributed by atoms with Crippen LogP contribution in [-0.4, -0.2) is 41.7 Å². The van der Waals surface area contributed by atoms with Crippen molar-refractivity contribution in [1.82, 2.24) is 4.90 Å².